The molecule has 176 valence electrons. The highest BCUT2D eigenvalue weighted by Crippen LogP contribution is 2.28. The molecule has 0 fully saturated rings. The quantitative estimate of drug-likeness (QED) is 0.295. The van der Waals surface area contributed by atoms with E-state index in [0.29, 0.717) is 11.5 Å². The van der Waals surface area contributed by atoms with Gasteiger partial charge in [0.2, 0.25) is 0 Å². The Morgan fingerprint density at radius 1 is 1.21 bits per heavy atom. The molecule has 3 aromatic rings. The van der Waals surface area contributed by atoms with Gasteiger partial charge in [-0.15, -0.1) is 11.3 Å². The third-order valence-corrected chi connectivity index (χ3v) is 6.42. The standard InChI is InChI=1S/C25H25FN4O3S/c1-15-11-19(17(3)30(15)16(2)14-33-4)12-20(13-27)24(31)28-29-25(32)23-10-9-22(34-23)18-5-7-21(26)8-6-18/h5-12,16H,14H2,1-4H3,(H,28,31)(H,29,32). The Kier molecular flexibility index (Phi) is 7.99. The monoisotopic (exact) mass is 480 g/mol. The fourth-order valence-corrected chi connectivity index (χ4v) is 4.63. The van der Waals surface area contributed by atoms with Crippen LogP contribution in [0, 0.1) is 31.0 Å². The lowest BCUT2D eigenvalue weighted by Crippen LogP contribution is -2.41. The maximum absolute atomic E-state index is 13.1. The van der Waals surface area contributed by atoms with Crippen molar-refractivity contribution >= 4 is 29.2 Å². The Hall–Kier alpha value is -3.74. The number of amides is 2. The van der Waals surface area contributed by atoms with Crippen molar-refractivity contribution < 1.29 is 18.7 Å². The van der Waals surface area contributed by atoms with Gasteiger partial charge in [-0.05, 0) is 68.3 Å². The summed E-state index contributed by atoms with van der Waals surface area (Å²) in [7, 11) is 1.64. The summed E-state index contributed by atoms with van der Waals surface area (Å²) in [6.07, 6.45) is 1.50. The van der Waals surface area contributed by atoms with Gasteiger partial charge in [0.05, 0.1) is 17.5 Å². The number of carbonyl (C=O) groups is 2. The lowest BCUT2D eigenvalue weighted by molar-refractivity contribution is -0.117. The summed E-state index contributed by atoms with van der Waals surface area (Å²) in [5.41, 5.74) is 7.89. The highest BCUT2D eigenvalue weighted by atomic mass is 32.1. The van der Waals surface area contributed by atoms with Gasteiger partial charge in [0.1, 0.15) is 17.5 Å². The van der Waals surface area contributed by atoms with E-state index in [2.05, 4.69) is 15.4 Å². The number of nitrogens with one attached hydrogen (secondary N) is 2. The van der Waals surface area contributed by atoms with Gasteiger partial charge in [0, 0.05) is 23.4 Å². The molecule has 0 saturated heterocycles. The molecule has 2 aromatic heterocycles. The Morgan fingerprint density at radius 2 is 1.91 bits per heavy atom. The normalized spacial score (nSPS) is 12.2. The number of carbonyl (C=O) groups excluding carboxylic acids is 2. The molecule has 0 aliphatic heterocycles. The molecule has 2 heterocycles. The minimum absolute atomic E-state index is 0.0939. The Morgan fingerprint density at radius 3 is 2.56 bits per heavy atom. The van der Waals surface area contributed by atoms with Crippen LogP contribution in [0.2, 0.25) is 0 Å². The molecule has 7 nitrogen and oxygen atoms in total. The first-order valence-electron chi connectivity index (χ1n) is 10.5. The van der Waals surface area contributed by atoms with Crippen LogP contribution >= 0.6 is 11.3 Å². The third-order valence-electron chi connectivity index (χ3n) is 5.29. The number of hydrogen-bond acceptors (Lipinski definition) is 5. The van der Waals surface area contributed by atoms with E-state index in [9.17, 15) is 19.2 Å². The Labute approximate surface area is 201 Å². The van der Waals surface area contributed by atoms with Gasteiger partial charge >= 0.3 is 0 Å². The van der Waals surface area contributed by atoms with Crippen LogP contribution in [-0.2, 0) is 9.53 Å². The molecule has 0 radical (unpaired) electrons. The van der Waals surface area contributed by atoms with Gasteiger partial charge in [-0.1, -0.05) is 12.1 Å². The molecule has 9 heteroatoms. The van der Waals surface area contributed by atoms with E-state index in [1.165, 1.54) is 29.5 Å². The number of hydrazine groups is 1. The predicted molar refractivity (Wildman–Crippen MR) is 129 cm³/mol. The number of methoxy groups -OCH3 is 1. The van der Waals surface area contributed by atoms with Gasteiger partial charge in [0.15, 0.2) is 0 Å². The number of aromatic nitrogens is 1. The number of halogens is 1. The number of hydrogen-bond donors (Lipinski definition) is 2. The molecule has 0 aliphatic rings. The van der Waals surface area contributed by atoms with E-state index in [1.807, 2.05) is 32.9 Å². The first-order chi connectivity index (χ1) is 16.2. The molecular formula is C25H25FN4O3S. The fraction of sp³-hybridized carbons (Fsp3) is 0.240. The van der Waals surface area contributed by atoms with E-state index in [-0.39, 0.29) is 17.4 Å². The number of rotatable bonds is 7. The maximum atomic E-state index is 13.1. The number of aryl methyl sites for hydroxylation is 1. The molecule has 0 spiro atoms. The van der Waals surface area contributed by atoms with E-state index in [0.717, 1.165) is 27.4 Å². The van der Waals surface area contributed by atoms with Crippen molar-refractivity contribution in [3.05, 3.63) is 75.7 Å². The van der Waals surface area contributed by atoms with Crippen LogP contribution in [0.5, 0.6) is 0 Å². The van der Waals surface area contributed by atoms with E-state index in [1.54, 1.807) is 31.4 Å². The SMILES string of the molecule is COCC(C)n1c(C)cc(C=C(C#N)C(=O)NNC(=O)c2ccc(-c3ccc(F)cc3)s2)c1C. The van der Waals surface area contributed by atoms with Crippen molar-refractivity contribution in [2.24, 2.45) is 0 Å². The number of nitrogens with zero attached hydrogens (tertiary/aromatic N) is 2. The first-order valence-corrected chi connectivity index (χ1v) is 11.3. The number of benzene rings is 1. The van der Waals surface area contributed by atoms with Crippen molar-refractivity contribution in [3.63, 3.8) is 0 Å². The largest absolute Gasteiger partial charge is 0.383 e. The molecule has 3 rings (SSSR count). The molecule has 0 bridgehead atoms. The van der Waals surface area contributed by atoms with E-state index in [4.69, 9.17) is 4.74 Å². The highest BCUT2D eigenvalue weighted by molar-refractivity contribution is 7.17. The summed E-state index contributed by atoms with van der Waals surface area (Å²) in [6.45, 7) is 6.42. The van der Waals surface area contributed by atoms with Gasteiger partial charge in [-0.2, -0.15) is 5.26 Å². The molecule has 0 aliphatic carbocycles. The van der Waals surface area contributed by atoms with Crippen LogP contribution < -0.4 is 10.9 Å². The third kappa shape index (κ3) is 5.60. The minimum atomic E-state index is -0.721. The maximum Gasteiger partial charge on any atom is 0.280 e. The molecule has 34 heavy (non-hydrogen) atoms. The lowest BCUT2D eigenvalue weighted by Gasteiger charge is -2.17. The predicted octanol–water partition coefficient (Wildman–Crippen LogP) is 4.55. The Balaban J connectivity index is 1.69. The van der Waals surface area contributed by atoms with Crippen molar-refractivity contribution in [2.75, 3.05) is 13.7 Å². The molecule has 1 unspecified atom stereocenters. The highest BCUT2D eigenvalue weighted by Gasteiger charge is 2.17. The van der Waals surface area contributed by atoms with Gasteiger partial charge in [0.25, 0.3) is 11.8 Å². The van der Waals surface area contributed by atoms with Crippen LogP contribution in [0.4, 0.5) is 4.39 Å². The average Bonchev–Trinajstić information content (AvgIpc) is 3.41. The second kappa shape index (κ2) is 10.9. The second-order valence-electron chi connectivity index (χ2n) is 7.75. The van der Waals surface area contributed by atoms with Crippen LogP contribution in [0.1, 0.15) is 39.6 Å². The zero-order valence-electron chi connectivity index (χ0n) is 19.3. The van der Waals surface area contributed by atoms with Gasteiger partial charge in [-0.3, -0.25) is 20.4 Å². The van der Waals surface area contributed by atoms with E-state index < -0.39 is 11.8 Å². The van der Waals surface area contributed by atoms with Crippen LogP contribution in [-0.4, -0.2) is 30.1 Å². The molecule has 1 aromatic carbocycles. The molecule has 0 saturated carbocycles. The first kappa shape index (κ1) is 24.9. The summed E-state index contributed by atoms with van der Waals surface area (Å²) in [5, 5.41) is 9.51. The fourth-order valence-electron chi connectivity index (χ4n) is 3.72. The van der Waals surface area contributed by atoms with Gasteiger partial charge in [-0.25, -0.2) is 4.39 Å². The molecule has 1 atom stereocenters. The molecule has 2 N–H and O–H groups in total. The smallest absolute Gasteiger partial charge is 0.280 e. The minimum Gasteiger partial charge on any atom is -0.383 e. The Bertz CT molecular complexity index is 1270. The van der Waals surface area contributed by atoms with Crippen molar-refractivity contribution in [1.29, 1.82) is 5.26 Å². The summed E-state index contributed by atoms with van der Waals surface area (Å²) >= 11 is 1.20. The number of ether oxygens (including phenoxy) is 1. The zero-order valence-corrected chi connectivity index (χ0v) is 20.1. The molecule has 2 amide bonds. The van der Waals surface area contributed by atoms with E-state index >= 15 is 0 Å². The van der Waals surface area contributed by atoms with Crippen molar-refractivity contribution in [3.8, 4) is 16.5 Å². The van der Waals surface area contributed by atoms with Crippen LogP contribution in [0.3, 0.4) is 0 Å². The van der Waals surface area contributed by atoms with Crippen LogP contribution in [0.25, 0.3) is 16.5 Å². The number of thiophene rings is 1. The summed E-state index contributed by atoms with van der Waals surface area (Å²) in [6, 6.07) is 13.2. The van der Waals surface area contributed by atoms with Gasteiger partial charge < -0.3 is 9.30 Å². The van der Waals surface area contributed by atoms with Crippen molar-refractivity contribution in [1.82, 2.24) is 15.4 Å². The number of nitriles is 1. The van der Waals surface area contributed by atoms with Crippen molar-refractivity contribution in [2.45, 2.75) is 26.8 Å². The topological polar surface area (TPSA) is 96.2 Å². The summed E-state index contributed by atoms with van der Waals surface area (Å²) < 4.78 is 20.4. The molecular weight excluding hydrogens is 455 g/mol. The summed E-state index contributed by atoms with van der Waals surface area (Å²) in [5.74, 6) is -1.58. The summed E-state index contributed by atoms with van der Waals surface area (Å²) in [4.78, 5) is 26.1. The lowest BCUT2D eigenvalue weighted by atomic mass is 10.1. The second-order valence-corrected chi connectivity index (χ2v) is 8.83. The zero-order chi connectivity index (χ0) is 24.8. The van der Waals surface area contributed by atoms with Crippen LogP contribution in [0.15, 0.2) is 48.0 Å². The average molecular weight is 481 g/mol.